The van der Waals surface area contributed by atoms with Gasteiger partial charge in [-0.25, -0.2) is 0 Å². The zero-order valence-electron chi connectivity index (χ0n) is 14.9. The van der Waals surface area contributed by atoms with Crippen LogP contribution < -0.4 is 14.8 Å². The van der Waals surface area contributed by atoms with Crippen molar-refractivity contribution in [3.8, 4) is 11.5 Å². The molecule has 0 saturated carbocycles. The molecule has 2 aromatic carbocycles. The molecule has 2 aromatic rings. The molecule has 0 aliphatic heterocycles. The predicted octanol–water partition coefficient (Wildman–Crippen LogP) is 4.50. The molecule has 0 aliphatic carbocycles. The Bertz CT molecular complexity index is 693. The third-order valence-corrected chi connectivity index (χ3v) is 3.50. The molecule has 1 amide bonds. The van der Waals surface area contributed by atoms with Gasteiger partial charge in [-0.1, -0.05) is 17.7 Å². The van der Waals surface area contributed by atoms with E-state index < -0.39 is 6.10 Å². The second kappa shape index (κ2) is 7.86. The number of ether oxygens (including phenoxy) is 2. The minimum Gasteiger partial charge on any atom is -0.491 e. The number of nitrogens with one attached hydrogen (secondary N) is 1. The molecule has 128 valence electrons. The van der Waals surface area contributed by atoms with Crippen LogP contribution in [-0.2, 0) is 4.79 Å². The molecule has 0 radical (unpaired) electrons. The first-order valence-corrected chi connectivity index (χ1v) is 8.16. The lowest BCUT2D eigenvalue weighted by atomic mass is 10.1. The molecule has 0 saturated heterocycles. The summed E-state index contributed by atoms with van der Waals surface area (Å²) in [5.74, 6) is 1.32. The summed E-state index contributed by atoms with van der Waals surface area (Å²) in [5.41, 5.74) is 2.90. The highest BCUT2D eigenvalue weighted by molar-refractivity contribution is 5.94. The maximum atomic E-state index is 12.3. The van der Waals surface area contributed by atoms with Crippen molar-refractivity contribution >= 4 is 11.6 Å². The molecule has 0 unspecified atom stereocenters. The standard InChI is InChI=1S/C20H25NO3/c1-13(2)23-18-9-7-17(8-10-18)21-20(22)16(5)24-19-11-6-14(3)12-15(19)4/h6-13,16H,1-5H3,(H,21,22)/t16-/m0/s1. The molecular formula is C20H25NO3. The average Bonchev–Trinajstić information content (AvgIpc) is 2.51. The first-order chi connectivity index (χ1) is 11.3. The van der Waals surface area contributed by atoms with Crippen molar-refractivity contribution < 1.29 is 14.3 Å². The van der Waals surface area contributed by atoms with Crippen LogP contribution in [0.3, 0.4) is 0 Å². The normalized spacial score (nSPS) is 11.9. The largest absolute Gasteiger partial charge is 0.491 e. The number of amides is 1. The monoisotopic (exact) mass is 327 g/mol. The molecule has 0 spiro atoms. The van der Waals surface area contributed by atoms with Crippen molar-refractivity contribution in [2.24, 2.45) is 0 Å². The van der Waals surface area contributed by atoms with Gasteiger partial charge in [-0.3, -0.25) is 4.79 Å². The Labute approximate surface area is 143 Å². The van der Waals surface area contributed by atoms with Gasteiger partial charge in [0.05, 0.1) is 6.10 Å². The van der Waals surface area contributed by atoms with Gasteiger partial charge in [-0.2, -0.15) is 0 Å². The first kappa shape index (κ1) is 17.9. The van der Waals surface area contributed by atoms with Gasteiger partial charge in [-0.15, -0.1) is 0 Å². The van der Waals surface area contributed by atoms with E-state index in [2.05, 4.69) is 5.32 Å². The van der Waals surface area contributed by atoms with E-state index in [4.69, 9.17) is 9.47 Å². The van der Waals surface area contributed by atoms with Crippen LogP contribution in [0.1, 0.15) is 31.9 Å². The Hall–Kier alpha value is -2.49. The molecular weight excluding hydrogens is 302 g/mol. The molecule has 24 heavy (non-hydrogen) atoms. The van der Waals surface area contributed by atoms with Crippen LogP contribution in [0.5, 0.6) is 11.5 Å². The van der Waals surface area contributed by atoms with Gasteiger partial charge in [-0.05, 0) is 70.5 Å². The number of hydrogen-bond acceptors (Lipinski definition) is 3. The van der Waals surface area contributed by atoms with Crippen LogP contribution in [0.4, 0.5) is 5.69 Å². The minimum absolute atomic E-state index is 0.122. The minimum atomic E-state index is -0.585. The fourth-order valence-corrected chi connectivity index (χ4v) is 2.31. The van der Waals surface area contributed by atoms with Crippen LogP contribution in [-0.4, -0.2) is 18.1 Å². The molecule has 4 nitrogen and oxygen atoms in total. The van der Waals surface area contributed by atoms with E-state index in [0.717, 1.165) is 17.1 Å². The van der Waals surface area contributed by atoms with Crippen LogP contribution >= 0.6 is 0 Å². The lowest BCUT2D eigenvalue weighted by molar-refractivity contribution is -0.122. The van der Waals surface area contributed by atoms with Crippen molar-refractivity contribution in [1.29, 1.82) is 0 Å². The molecule has 1 N–H and O–H groups in total. The quantitative estimate of drug-likeness (QED) is 0.850. The van der Waals surface area contributed by atoms with E-state index in [1.54, 1.807) is 6.92 Å². The summed E-state index contributed by atoms with van der Waals surface area (Å²) >= 11 is 0. The fraction of sp³-hybridized carbons (Fsp3) is 0.350. The zero-order valence-corrected chi connectivity index (χ0v) is 14.9. The molecule has 0 bridgehead atoms. The summed E-state index contributed by atoms with van der Waals surface area (Å²) in [6.45, 7) is 9.69. The number of anilines is 1. The number of benzene rings is 2. The maximum Gasteiger partial charge on any atom is 0.265 e. The lowest BCUT2D eigenvalue weighted by Gasteiger charge is -2.17. The third kappa shape index (κ3) is 5.01. The first-order valence-electron chi connectivity index (χ1n) is 8.16. The van der Waals surface area contributed by atoms with Crippen molar-refractivity contribution in [2.75, 3.05) is 5.32 Å². The second-order valence-electron chi connectivity index (χ2n) is 6.21. The van der Waals surface area contributed by atoms with Crippen LogP contribution in [0.25, 0.3) is 0 Å². The van der Waals surface area contributed by atoms with Crippen molar-refractivity contribution in [3.05, 3.63) is 53.6 Å². The molecule has 0 aromatic heterocycles. The van der Waals surface area contributed by atoms with Crippen molar-refractivity contribution in [3.63, 3.8) is 0 Å². The van der Waals surface area contributed by atoms with Gasteiger partial charge in [0.1, 0.15) is 11.5 Å². The lowest BCUT2D eigenvalue weighted by Crippen LogP contribution is -2.30. The smallest absolute Gasteiger partial charge is 0.265 e. The highest BCUT2D eigenvalue weighted by atomic mass is 16.5. The van der Waals surface area contributed by atoms with E-state index in [-0.39, 0.29) is 12.0 Å². The van der Waals surface area contributed by atoms with Crippen LogP contribution in [0, 0.1) is 13.8 Å². The molecule has 0 fully saturated rings. The fourth-order valence-electron chi connectivity index (χ4n) is 2.31. The highest BCUT2D eigenvalue weighted by Crippen LogP contribution is 2.21. The molecule has 4 heteroatoms. The number of hydrogen-bond donors (Lipinski definition) is 1. The van der Waals surface area contributed by atoms with E-state index in [0.29, 0.717) is 5.69 Å². The van der Waals surface area contributed by atoms with Gasteiger partial charge in [0.15, 0.2) is 6.10 Å². The van der Waals surface area contributed by atoms with Gasteiger partial charge >= 0.3 is 0 Å². The average molecular weight is 327 g/mol. The van der Waals surface area contributed by atoms with E-state index in [9.17, 15) is 4.79 Å². The molecule has 0 heterocycles. The van der Waals surface area contributed by atoms with Crippen LogP contribution in [0.15, 0.2) is 42.5 Å². The van der Waals surface area contributed by atoms with E-state index in [1.165, 1.54) is 5.56 Å². The summed E-state index contributed by atoms with van der Waals surface area (Å²) in [7, 11) is 0. The Morgan fingerprint density at radius 1 is 0.958 bits per heavy atom. The number of carbonyl (C=O) groups excluding carboxylic acids is 1. The molecule has 0 aliphatic rings. The molecule has 1 atom stereocenters. The summed E-state index contributed by atoms with van der Waals surface area (Å²) in [6, 6.07) is 13.2. The number of rotatable bonds is 6. The number of carbonyl (C=O) groups is 1. The Morgan fingerprint density at radius 2 is 1.62 bits per heavy atom. The molecule has 2 rings (SSSR count). The topological polar surface area (TPSA) is 47.6 Å². The summed E-state index contributed by atoms with van der Waals surface area (Å²) < 4.78 is 11.4. The summed E-state index contributed by atoms with van der Waals surface area (Å²) in [6.07, 6.45) is -0.463. The van der Waals surface area contributed by atoms with Gasteiger partial charge in [0, 0.05) is 5.69 Å². The van der Waals surface area contributed by atoms with Gasteiger partial charge in [0.2, 0.25) is 0 Å². The number of aryl methyl sites for hydroxylation is 2. The SMILES string of the molecule is Cc1ccc(O[C@@H](C)C(=O)Nc2ccc(OC(C)C)cc2)c(C)c1. The van der Waals surface area contributed by atoms with E-state index >= 15 is 0 Å². The maximum absolute atomic E-state index is 12.3. The predicted molar refractivity (Wildman–Crippen MR) is 96.8 cm³/mol. The van der Waals surface area contributed by atoms with Gasteiger partial charge in [0.25, 0.3) is 5.91 Å². The second-order valence-corrected chi connectivity index (χ2v) is 6.21. The van der Waals surface area contributed by atoms with Crippen molar-refractivity contribution in [1.82, 2.24) is 0 Å². The summed E-state index contributed by atoms with van der Waals surface area (Å²) in [4.78, 5) is 12.3. The Balaban J connectivity index is 1.96. The zero-order chi connectivity index (χ0) is 17.7. The Kier molecular flexibility index (Phi) is 5.85. The van der Waals surface area contributed by atoms with Crippen LogP contribution in [0.2, 0.25) is 0 Å². The van der Waals surface area contributed by atoms with E-state index in [1.807, 2.05) is 70.2 Å². The van der Waals surface area contributed by atoms with Crippen molar-refractivity contribution in [2.45, 2.75) is 46.8 Å². The summed E-state index contributed by atoms with van der Waals surface area (Å²) in [5, 5.41) is 2.85. The third-order valence-electron chi connectivity index (χ3n) is 3.50. The highest BCUT2D eigenvalue weighted by Gasteiger charge is 2.16. The van der Waals surface area contributed by atoms with Gasteiger partial charge < -0.3 is 14.8 Å². The Morgan fingerprint density at radius 3 is 2.21 bits per heavy atom.